The van der Waals surface area contributed by atoms with Gasteiger partial charge in [0.25, 0.3) is 10.0 Å². The molecule has 6 heteroatoms. The maximum Gasteiger partial charge on any atom is 0.292 e. The van der Waals surface area contributed by atoms with Gasteiger partial charge in [0.05, 0.1) is 6.20 Å². The monoisotopic (exact) mass is 228 g/mol. The van der Waals surface area contributed by atoms with Crippen molar-refractivity contribution in [3.63, 3.8) is 0 Å². The van der Waals surface area contributed by atoms with Crippen molar-refractivity contribution in [3.05, 3.63) is 35.5 Å². The second kappa shape index (κ2) is 3.21. The Morgan fingerprint density at radius 2 is 2.29 bits per heavy atom. The highest BCUT2D eigenvalue weighted by Gasteiger charge is 2.18. The van der Waals surface area contributed by atoms with E-state index in [2.05, 4.69) is 5.10 Å². The van der Waals surface area contributed by atoms with Crippen LogP contribution >= 0.6 is 11.3 Å². The van der Waals surface area contributed by atoms with Crippen molar-refractivity contribution < 1.29 is 8.42 Å². The van der Waals surface area contributed by atoms with Crippen LogP contribution in [0, 0.1) is 6.92 Å². The first-order valence-electron chi connectivity index (χ1n) is 3.91. The quantitative estimate of drug-likeness (QED) is 0.782. The lowest BCUT2D eigenvalue weighted by atomic mass is 10.4. The number of hydrogen-bond donors (Lipinski definition) is 0. The largest absolute Gasteiger partial charge is 0.292 e. The first kappa shape index (κ1) is 9.42. The Morgan fingerprint density at radius 3 is 2.79 bits per heavy atom. The zero-order valence-electron chi connectivity index (χ0n) is 7.41. The molecule has 0 unspecified atom stereocenters. The van der Waals surface area contributed by atoms with Crippen molar-refractivity contribution >= 4 is 21.4 Å². The van der Waals surface area contributed by atoms with Crippen LogP contribution in [0.4, 0.5) is 0 Å². The third kappa shape index (κ3) is 1.46. The highest BCUT2D eigenvalue weighted by atomic mass is 32.2. The van der Waals surface area contributed by atoms with Crippen LogP contribution in [0.1, 0.15) is 5.56 Å². The minimum atomic E-state index is -3.45. The number of aromatic nitrogens is 2. The van der Waals surface area contributed by atoms with Gasteiger partial charge in [0.2, 0.25) is 0 Å². The molecule has 2 aromatic heterocycles. The molecule has 0 fully saturated rings. The molecule has 2 aromatic rings. The third-order valence-electron chi connectivity index (χ3n) is 1.68. The predicted molar refractivity (Wildman–Crippen MR) is 53.9 cm³/mol. The van der Waals surface area contributed by atoms with Gasteiger partial charge in [0.1, 0.15) is 4.21 Å². The van der Waals surface area contributed by atoms with E-state index in [9.17, 15) is 8.42 Å². The summed E-state index contributed by atoms with van der Waals surface area (Å²) in [5.41, 5.74) is 0.824. The van der Waals surface area contributed by atoms with Crippen molar-refractivity contribution in [2.75, 3.05) is 0 Å². The fourth-order valence-electron chi connectivity index (χ4n) is 1.02. The van der Waals surface area contributed by atoms with Gasteiger partial charge in [0, 0.05) is 6.20 Å². The molecule has 0 saturated carbocycles. The lowest BCUT2D eigenvalue weighted by Crippen LogP contribution is -2.11. The maximum atomic E-state index is 11.8. The molecule has 0 N–H and O–H groups in total. The first-order chi connectivity index (χ1) is 6.60. The van der Waals surface area contributed by atoms with Gasteiger partial charge in [-0.1, -0.05) is 6.07 Å². The second-order valence-electron chi connectivity index (χ2n) is 2.83. The summed E-state index contributed by atoms with van der Waals surface area (Å²) in [7, 11) is -3.45. The van der Waals surface area contributed by atoms with Crippen molar-refractivity contribution in [2.24, 2.45) is 0 Å². The second-order valence-corrected chi connectivity index (χ2v) is 5.80. The molecule has 74 valence electrons. The van der Waals surface area contributed by atoms with Gasteiger partial charge in [-0.2, -0.15) is 17.6 Å². The molecule has 0 atom stereocenters. The molecule has 0 aliphatic rings. The zero-order chi connectivity index (χ0) is 10.2. The van der Waals surface area contributed by atoms with E-state index in [0.29, 0.717) is 4.21 Å². The zero-order valence-corrected chi connectivity index (χ0v) is 9.05. The van der Waals surface area contributed by atoms with Crippen LogP contribution in [0.25, 0.3) is 0 Å². The van der Waals surface area contributed by atoms with E-state index in [1.54, 1.807) is 24.4 Å². The molecular formula is C8H8N2O2S2. The summed E-state index contributed by atoms with van der Waals surface area (Å²) in [5, 5.41) is 5.50. The van der Waals surface area contributed by atoms with E-state index in [1.807, 2.05) is 0 Å². The SMILES string of the molecule is Cc1cnn(S(=O)(=O)c2cccs2)c1. The molecule has 0 bridgehead atoms. The fourth-order valence-corrected chi connectivity index (χ4v) is 3.26. The van der Waals surface area contributed by atoms with Crippen molar-refractivity contribution in [1.82, 2.24) is 9.19 Å². The standard InChI is InChI=1S/C8H8N2O2S2/c1-7-5-9-10(6-7)14(11,12)8-3-2-4-13-8/h2-6H,1H3. The van der Waals surface area contributed by atoms with Crippen LogP contribution in [0.5, 0.6) is 0 Å². The van der Waals surface area contributed by atoms with E-state index in [1.165, 1.54) is 23.7 Å². The summed E-state index contributed by atoms with van der Waals surface area (Å²) in [5.74, 6) is 0. The molecule has 0 radical (unpaired) electrons. The Labute approximate surface area is 85.9 Å². The van der Waals surface area contributed by atoms with Crippen molar-refractivity contribution in [2.45, 2.75) is 11.1 Å². The smallest absolute Gasteiger partial charge is 0.198 e. The van der Waals surface area contributed by atoms with E-state index < -0.39 is 10.0 Å². The Hall–Kier alpha value is -1.14. The Bertz CT molecular complexity index is 525. The van der Waals surface area contributed by atoms with Crippen molar-refractivity contribution in [1.29, 1.82) is 0 Å². The molecule has 0 aliphatic carbocycles. The van der Waals surface area contributed by atoms with Gasteiger partial charge in [-0.15, -0.1) is 11.3 Å². The van der Waals surface area contributed by atoms with E-state index >= 15 is 0 Å². The molecule has 4 nitrogen and oxygen atoms in total. The fraction of sp³-hybridized carbons (Fsp3) is 0.125. The third-order valence-corrected chi connectivity index (χ3v) is 4.60. The summed E-state index contributed by atoms with van der Waals surface area (Å²) in [4.78, 5) is 0. The average molecular weight is 228 g/mol. The minimum Gasteiger partial charge on any atom is -0.198 e. The molecule has 2 rings (SSSR count). The normalized spacial score (nSPS) is 11.8. The van der Waals surface area contributed by atoms with E-state index in [4.69, 9.17) is 0 Å². The highest BCUT2D eigenvalue weighted by Crippen LogP contribution is 2.18. The number of hydrogen-bond acceptors (Lipinski definition) is 4. The van der Waals surface area contributed by atoms with Gasteiger partial charge in [-0.25, -0.2) is 0 Å². The average Bonchev–Trinajstić information content (AvgIpc) is 2.72. The van der Waals surface area contributed by atoms with Gasteiger partial charge in [0.15, 0.2) is 0 Å². The van der Waals surface area contributed by atoms with Crippen LogP contribution in [-0.2, 0) is 10.0 Å². The Kier molecular flexibility index (Phi) is 2.16. The molecule has 0 spiro atoms. The Balaban J connectivity index is 2.54. The molecule has 0 aromatic carbocycles. The van der Waals surface area contributed by atoms with Gasteiger partial charge < -0.3 is 0 Å². The summed E-state index contributed by atoms with van der Waals surface area (Å²) in [6, 6.07) is 3.27. The molecule has 0 amide bonds. The van der Waals surface area contributed by atoms with Crippen LogP contribution < -0.4 is 0 Å². The van der Waals surface area contributed by atoms with Crippen LogP contribution in [0.3, 0.4) is 0 Å². The van der Waals surface area contributed by atoms with Crippen molar-refractivity contribution in [3.8, 4) is 0 Å². The van der Waals surface area contributed by atoms with Gasteiger partial charge in [-0.05, 0) is 23.9 Å². The number of nitrogens with zero attached hydrogens (tertiary/aromatic N) is 2. The molecular weight excluding hydrogens is 220 g/mol. The van der Waals surface area contributed by atoms with Crippen LogP contribution in [0.15, 0.2) is 34.1 Å². The lowest BCUT2D eigenvalue weighted by molar-refractivity contribution is 0.582. The number of thiophene rings is 1. The predicted octanol–water partition coefficient (Wildman–Crippen LogP) is 1.49. The summed E-state index contributed by atoms with van der Waals surface area (Å²) in [6.07, 6.45) is 3.01. The molecule has 14 heavy (non-hydrogen) atoms. The summed E-state index contributed by atoms with van der Waals surface area (Å²) in [6.45, 7) is 1.80. The van der Waals surface area contributed by atoms with E-state index in [0.717, 1.165) is 9.65 Å². The molecule has 0 aliphatic heterocycles. The Morgan fingerprint density at radius 1 is 1.50 bits per heavy atom. The van der Waals surface area contributed by atoms with Gasteiger partial charge in [-0.3, -0.25) is 0 Å². The minimum absolute atomic E-state index is 0.306. The first-order valence-corrected chi connectivity index (χ1v) is 6.23. The summed E-state index contributed by atoms with van der Waals surface area (Å²) >= 11 is 1.19. The van der Waals surface area contributed by atoms with E-state index in [-0.39, 0.29) is 0 Å². The maximum absolute atomic E-state index is 11.8. The highest BCUT2D eigenvalue weighted by molar-refractivity contribution is 7.91. The summed E-state index contributed by atoms with van der Waals surface area (Å²) < 4.78 is 24.9. The number of aryl methyl sites for hydroxylation is 1. The topological polar surface area (TPSA) is 52.0 Å². The van der Waals surface area contributed by atoms with Gasteiger partial charge >= 0.3 is 0 Å². The molecule has 2 heterocycles. The van der Waals surface area contributed by atoms with Crippen LogP contribution in [-0.4, -0.2) is 17.6 Å². The lowest BCUT2D eigenvalue weighted by Gasteiger charge is -1.99. The van der Waals surface area contributed by atoms with Crippen LogP contribution in [0.2, 0.25) is 0 Å². The number of rotatable bonds is 2. The molecule has 0 saturated heterocycles.